The average molecular weight is 458 g/mol. The maximum atomic E-state index is 14.6. The molecule has 4 aromatic rings. The van der Waals surface area contributed by atoms with Crippen LogP contribution in [-0.4, -0.2) is 10.9 Å². The van der Waals surface area contributed by atoms with E-state index < -0.39 is 35.8 Å². The molecule has 0 bridgehead atoms. The molecule has 0 saturated carbocycles. The number of nitrogens with one attached hydrogen (secondary N) is 1. The molecular formula is C23H14F4N2O2S. The molecule has 9 heteroatoms. The van der Waals surface area contributed by atoms with Gasteiger partial charge in [-0.25, -0.2) is 22.5 Å². The summed E-state index contributed by atoms with van der Waals surface area (Å²) in [6, 6.07) is 12.6. The molecule has 162 valence electrons. The Hall–Kier alpha value is -3.72. The minimum atomic E-state index is -0.753. The number of benzene rings is 3. The molecule has 1 N–H and O–H groups in total. The lowest BCUT2D eigenvalue weighted by atomic mass is 10.2. The summed E-state index contributed by atoms with van der Waals surface area (Å²) < 4.78 is 60.3. The first-order valence-corrected chi connectivity index (χ1v) is 10.2. The van der Waals surface area contributed by atoms with Gasteiger partial charge in [-0.05, 0) is 48.5 Å². The maximum absolute atomic E-state index is 14.6. The van der Waals surface area contributed by atoms with E-state index in [9.17, 15) is 22.4 Å². The molecule has 3 aromatic carbocycles. The molecule has 1 heterocycles. The van der Waals surface area contributed by atoms with Crippen LogP contribution >= 0.6 is 11.3 Å². The molecule has 4 nitrogen and oxygen atoms in total. The van der Waals surface area contributed by atoms with Crippen LogP contribution in [0.4, 0.5) is 23.2 Å². The van der Waals surface area contributed by atoms with Gasteiger partial charge in [0.25, 0.3) is 5.91 Å². The largest absolute Gasteiger partial charge is 0.489 e. The highest BCUT2D eigenvalue weighted by Crippen LogP contribution is 2.29. The number of nitrogens with zero attached hydrogens (tertiary/aromatic N) is 1. The Morgan fingerprint density at radius 3 is 2.34 bits per heavy atom. The Morgan fingerprint density at radius 1 is 0.938 bits per heavy atom. The number of rotatable bonds is 6. The van der Waals surface area contributed by atoms with E-state index in [0.29, 0.717) is 5.69 Å². The minimum absolute atomic E-state index is 0.0732. The number of hydrogen-bond acceptors (Lipinski definition) is 4. The van der Waals surface area contributed by atoms with Gasteiger partial charge in [0.2, 0.25) is 0 Å². The zero-order valence-corrected chi connectivity index (χ0v) is 17.1. The van der Waals surface area contributed by atoms with Gasteiger partial charge in [-0.1, -0.05) is 6.07 Å². The Labute approximate surface area is 184 Å². The third-order valence-electron chi connectivity index (χ3n) is 4.45. The monoisotopic (exact) mass is 458 g/mol. The number of hydrogen-bond donors (Lipinski definition) is 1. The van der Waals surface area contributed by atoms with Crippen molar-refractivity contribution in [2.45, 2.75) is 6.61 Å². The number of amides is 1. The zero-order valence-electron chi connectivity index (χ0n) is 16.2. The van der Waals surface area contributed by atoms with E-state index in [-0.39, 0.29) is 27.6 Å². The van der Waals surface area contributed by atoms with Gasteiger partial charge < -0.3 is 10.1 Å². The summed E-state index contributed by atoms with van der Waals surface area (Å²) in [5.41, 5.74) is 0.350. The van der Waals surface area contributed by atoms with Crippen LogP contribution in [0.3, 0.4) is 0 Å². The molecule has 0 unspecified atom stereocenters. The molecule has 0 atom stereocenters. The van der Waals surface area contributed by atoms with Crippen molar-refractivity contribution in [2.24, 2.45) is 0 Å². The van der Waals surface area contributed by atoms with E-state index in [4.69, 9.17) is 4.74 Å². The summed E-state index contributed by atoms with van der Waals surface area (Å²) in [6.45, 7) is -0.401. The second-order valence-electron chi connectivity index (χ2n) is 6.63. The van der Waals surface area contributed by atoms with Crippen LogP contribution in [0.1, 0.15) is 16.1 Å². The summed E-state index contributed by atoms with van der Waals surface area (Å²) in [5, 5.41) is 4.31. The molecule has 32 heavy (non-hydrogen) atoms. The molecule has 1 aromatic heterocycles. The second kappa shape index (κ2) is 9.19. The van der Waals surface area contributed by atoms with Crippen LogP contribution in [0, 0.1) is 23.3 Å². The Kier molecular flexibility index (Phi) is 6.18. The van der Waals surface area contributed by atoms with E-state index in [0.717, 1.165) is 29.5 Å². The van der Waals surface area contributed by atoms with E-state index in [2.05, 4.69) is 10.3 Å². The topological polar surface area (TPSA) is 51.2 Å². The number of halogens is 4. The van der Waals surface area contributed by atoms with Gasteiger partial charge in [-0.15, -0.1) is 11.3 Å². The molecular weight excluding hydrogens is 444 g/mol. The fraction of sp³-hybridized carbons (Fsp3) is 0.0435. The molecule has 0 aliphatic rings. The van der Waals surface area contributed by atoms with Crippen LogP contribution in [-0.2, 0) is 6.61 Å². The molecule has 0 aliphatic heterocycles. The predicted molar refractivity (Wildman–Crippen MR) is 113 cm³/mol. The van der Waals surface area contributed by atoms with Gasteiger partial charge in [0.15, 0.2) is 0 Å². The van der Waals surface area contributed by atoms with E-state index in [1.54, 1.807) is 0 Å². The van der Waals surface area contributed by atoms with Gasteiger partial charge in [0.05, 0.1) is 5.56 Å². The lowest BCUT2D eigenvalue weighted by Crippen LogP contribution is -2.12. The van der Waals surface area contributed by atoms with Gasteiger partial charge in [0.1, 0.15) is 46.3 Å². The van der Waals surface area contributed by atoms with Crippen molar-refractivity contribution in [2.75, 3.05) is 5.32 Å². The Bertz CT molecular complexity index is 1260. The number of thiazole rings is 1. The zero-order chi connectivity index (χ0) is 22.7. The van der Waals surface area contributed by atoms with Crippen molar-refractivity contribution < 1.29 is 27.1 Å². The standard InChI is InChI=1S/C23H14F4N2O2S/c24-13-4-6-14(7-5-13)28-22(30)21-12-32-23(29-21)16-9-8-15(10-20(16)27)31-11-17-18(25)2-1-3-19(17)26/h1-10,12H,11H2,(H,28,30). The van der Waals surface area contributed by atoms with Crippen molar-refractivity contribution in [3.05, 3.63) is 101 Å². The van der Waals surface area contributed by atoms with Crippen molar-refractivity contribution in [1.29, 1.82) is 0 Å². The molecule has 1 amide bonds. The summed E-state index contributed by atoms with van der Waals surface area (Å²) in [5.74, 6) is -3.05. The van der Waals surface area contributed by atoms with E-state index in [1.807, 2.05) is 0 Å². The molecule has 0 fully saturated rings. The smallest absolute Gasteiger partial charge is 0.275 e. The van der Waals surface area contributed by atoms with E-state index >= 15 is 0 Å². The predicted octanol–water partition coefficient (Wildman–Crippen LogP) is 6.20. The third kappa shape index (κ3) is 4.78. The molecule has 4 rings (SSSR count). The third-order valence-corrected chi connectivity index (χ3v) is 5.33. The van der Waals surface area contributed by atoms with Crippen LogP contribution in [0.5, 0.6) is 5.75 Å². The van der Waals surface area contributed by atoms with Crippen molar-refractivity contribution in [3.63, 3.8) is 0 Å². The van der Waals surface area contributed by atoms with Gasteiger partial charge in [0, 0.05) is 22.7 Å². The summed E-state index contributed by atoms with van der Waals surface area (Å²) in [4.78, 5) is 16.5. The first-order chi connectivity index (χ1) is 15.4. The van der Waals surface area contributed by atoms with Crippen LogP contribution in [0.15, 0.2) is 66.0 Å². The summed E-state index contributed by atoms with van der Waals surface area (Å²) in [6.07, 6.45) is 0. The van der Waals surface area contributed by atoms with Crippen LogP contribution in [0.2, 0.25) is 0 Å². The number of carbonyl (C=O) groups excluding carboxylic acids is 1. The Morgan fingerprint density at radius 2 is 1.66 bits per heavy atom. The fourth-order valence-electron chi connectivity index (χ4n) is 2.81. The van der Waals surface area contributed by atoms with Gasteiger partial charge >= 0.3 is 0 Å². The molecule has 0 saturated heterocycles. The maximum Gasteiger partial charge on any atom is 0.275 e. The van der Waals surface area contributed by atoms with Crippen molar-refractivity contribution in [1.82, 2.24) is 4.98 Å². The SMILES string of the molecule is O=C(Nc1ccc(F)cc1)c1csc(-c2ccc(OCc3c(F)cccc3F)cc2F)n1. The first-order valence-electron chi connectivity index (χ1n) is 9.29. The quantitative estimate of drug-likeness (QED) is 0.350. The van der Waals surface area contributed by atoms with Crippen LogP contribution in [0.25, 0.3) is 10.6 Å². The van der Waals surface area contributed by atoms with Crippen LogP contribution < -0.4 is 10.1 Å². The van der Waals surface area contributed by atoms with Gasteiger partial charge in [-0.2, -0.15) is 0 Å². The van der Waals surface area contributed by atoms with Gasteiger partial charge in [-0.3, -0.25) is 4.79 Å². The van der Waals surface area contributed by atoms with E-state index in [1.165, 1.54) is 47.8 Å². The second-order valence-corrected chi connectivity index (χ2v) is 7.49. The Balaban J connectivity index is 1.46. The number of aromatic nitrogens is 1. The molecule has 0 aliphatic carbocycles. The fourth-order valence-corrected chi connectivity index (χ4v) is 3.64. The normalized spacial score (nSPS) is 10.8. The highest BCUT2D eigenvalue weighted by molar-refractivity contribution is 7.13. The average Bonchev–Trinajstić information content (AvgIpc) is 3.25. The minimum Gasteiger partial charge on any atom is -0.489 e. The lowest BCUT2D eigenvalue weighted by Gasteiger charge is -2.09. The highest BCUT2D eigenvalue weighted by atomic mass is 32.1. The number of ether oxygens (including phenoxy) is 1. The first kappa shape index (κ1) is 21.5. The van der Waals surface area contributed by atoms with Crippen molar-refractivity contribution in [3.8, 4) is 16.3 Å². The summed E-state index contributed by atoms with van der Waals surface area (Å²) >= 11 is 1.07. The number of carbonyl (C=O) groups is 1. The highest BCUT2D eigenvalue weighted by Gasteiger charge is 2.16. The molecule has 0 radical (unpaired) electrons. The number of anilines is 1. The lowest BCUT2D eigenvalue weighted by molar-refractivity contribution is 0.102. The summed E-state index contributed by atoms with van der Waals surface area (Å²) in [7, 11) is 0. The van der Waals surface area contributed by atoms with Crippen molar-refractivity contribution >= 4 is 22.9 Å². The molecule has 0 spiro atoms.